The number of aromatic carboxylic acids is 1. The molecule has 0 aliphatic heterocycles. The molecule has 0 unspecified atom stereocenters. The van der Waals surface area contributed by atoms with E-state index in [9.17, 15) is 9.90 Å². The molecule has 0 aliphatic rings. The molecular weight excluding hydrogens is 198 g/mol. The summed E-state index contributed by atoms with van der Waals surface area (Å²) in [6.45, 7) is 1.51. The molecule has 5 heteroatoms. The zero-order valence-corrected chi connectivity index (χ0v) is 7.97. The van der Waals surface area contributed by atoms with E-state index < -0.39 is 12.1 Å². The lowest BCUT2D eigenvalue weighted by Crippen LogP contribution is -1.97. The fraction of sp³-hybridized carbons (Fsp3) is 0.200. The van der Waals surface area contributed by atoms with Gasteiger partial charge >= 0.3 is 5.97 Å². The molecule has 2 rings (SSSR count). The SMILES string of the molecule is C[C@H](O)c1nc2c(C(=O)O)cccc2o1. The van der Waals surface area contributed by atoms with E-state index in [1.54, 1.807) is 12.1 Å². The van der Waals surface area contributed by atoms with Crippen LogP contribution in [0.15, 0.2) is 22.6 Å². The standard InChI is InChI=1S/C10H9NO4/c1-5(12)9-11-8-6(10(13)14)3-2-4-7(8)15-9/h2-5,12H,1H3,(H,13,14)/t5-/m0/s1. The highest BCUT2D eigenvalue weighted by atomic mass is 16.4. The van der Waals surface area contributed by atoms with Gasteiger partial charge in [0.1, 0.15) is 11.6 Å². The fourth-order valence-electron chi connectivity index (χ4n) is 1.32. The van der Waals surface area contributed by atoms with Crippen LogP contribution in [0.5, 0.6) is 0 Å². The van der Waals surface area contributed by atoms with Crippen molar-refractivity contribution >= 4 is 17.1 Å². The first-order valence-electron chi connectivity index (χ1n) is 4.40. The molecule has 0 saturated carbocycles. The average Bonchev–Trinajstić information content (AvgIpc) is 2.60. The molecule has 1 atom stereocenters. The predicted octanol–water partition coefficient (Wildman–Crippen LogP) is 1.58. The smallest absolute Gasteiger partial charge is 0.338 e. The number of carboxylic acids is 1. The van der Waals surface area contributed by atoms with E-state index in [4.69, 9.17) is 9.52 Å². The molecule has 78 valence electrons. The third-order valence-electron chi connectivity index (χ3n) is 2.02. The van der Waals surface area contributed by atoms with Crippen molar-refractivity contribution in [2.24, 2.45) is 0 Å². The molecule has 0 bridgehead atoms. The first-order valence-corrected chi connectivity index (χ1v) is 4.40. The van der Waals surface area contributed by atoms with Gasteiger partial charge < -0.3 is 14.6 Å². The van der Waals surface area contributed by atoms with Crippen molar-refractivity contribution in [1.82, 2.24) is 4.98 Å². The van der Waals surface area contributed by atoms with Crippen LogP contribution in [0.1, 0.15) is 29.3 Å². The zero-order valence-electron chi connectivity index (χ0n) is 7.97. The van der Waals surface area contributed by atoms with Gasteiger partial charge in [-0.3, -0.25) is 0 Å². The number of aromatic nitrogens is 1. The number of carboxylic acid groups (broad SMARTS) is 1. The molecule has 1 aromatic carbocycles. The summed E-state index contributed by atoms with van der Waals surface area (Å²) in [5.41, 5.74) is 0.704. The Kier molecular flexibility index (Phi) is 2.17. The van der Waals surface area contributed by atoms with E-state index in [0.717, 1.165) is 0 Å². The second kappa shape index (κ2) is 3.36. The molecule has 0 radical (unpaired) electrons. The number of oxazole rings is 1. The van der Waals surface area contributed by atoms with Gasteiger partial charge in [-0.05, 0) is 19.1 Å². The topological polar surface area (TPSA) is 83.6 Å². The summed E-state index contributed by atoms with van der Waals surface area (Å²) in [5.74, 6) is -0.940. The molecule has 0 saturated heterocycles. The predicted molar refractivity (Wildman–Crippen MR) is 51.6 cm³/mol. The lowest BCUT2D eigenvalue weighted by molar-refractivity contribution is 0.0698. The highest BCUT2D eigenvalue weighted by molar-refractivity contribution is 6.00. The Morgan fingerprint density at radius 2 is 2.27 bits per heavy atom. The van der Waals surface area contributed by atoms with Crippen molar-refractivity contribution in [3.05, 3.63) is 29.7 Å². The van der Waals surface area contributed by atoms with Gasteiger partial charge in [-0.2, -0.15) is 0 Å². The highest BCUT2D eigenvalue weighted by Gasteiger charge is 2.16. The quantitative estimate of drug-likeness (QED) is 0.781. The van der Waals surface area contributed by atoms with E-state index >= 15 is 0 Å². The van der Waals surface area contributed by atoms with Crippen molar-refractivity contribution in [1.29, 1.82) is 0 Å². The van der Waals surface area contributed by atoms with Crippen molar-refractivity contribution < 1.29 is 19.4 Å². The van der Waals surface area contributed by atoms with Crippen molar-refractivity contribution in [3.8, 4) is 0 Å². The van der Waals surface area contributed by atoms with E-state index in [1.807, 2.05) is 0 Å². The normalized spacial score (nSPS) is 12.9. The number of aliphatic hydroxyl groups excluding tert-OH is 1. The summed E-state index contributed by atoms with van der Waals surface area (Å²) in [5, 5.41) is 18.1. The molecular formula is C10H9NO4. The largest absolute Gasteiger partial charge is 0.478 e. The van der Waals surface area contributed by atoms with Gasteiger partial charge in [-0.15, -0.1) is 0 Å². The Morgan fingerprint density at radius 1 is 1.53 bits per heavy atom. The second-order valence-electron chi connectivity index (χ2n) is 3.19. The van der Waals surface area contributed by atoms with Gasteiger partial charge in [0.25, 0.3) is 0 Å². The number of rotatable bonds is 2. The number of aliphatic hydroxyl groups is 1. The molecule has 0 amide bonds. The molecule has 0 fully saturated rings. The number of hydrogen-bond acceptors (Lipinski definition) is 4. The highest BCUT2D eigenvalue weighted by Crippen LogP contribution is 2.22. The summed E-state index contributed by atoms with van der Waals surface area (Å²) in [6.07, 6.45) is -0.848. The Labute approximate surface area is 85.0 Å². The number of nitrogens with zero attached hydrogens (tertiary/aromatic N) is 1. The molecule has 0 aliphatic carbocycles. The van der Waals surface area contributed by atoms with E-state index in [1.165, 1.54) is 13.0 Å². The molecule has 1 aromatic heterocycles. The molecule has 5 nitrogen and oxygen atoms in total. The Morgan fingerprint density at radius 3 is 2.87 bits per heavy atom. The van der Waals surface area contributed by atoms with Gasteiger partial charge in [0.15, 0.2) is 5.58 Å². The summed E-state index contributed by atoms with van der Waals surface area (Å²) in [6, 6.07) is 4.63. The first kappa shape index (κ1) is 9.67. The fourth-order valence-corrected chi connectivity index (χ4v) is 1.32. The summed E-state index contributed by atoms with van der Waals surface area (Å²) < 4.78 is 5.20. The molecule has 2 N–H and O–H groups in total. The van der Waals surface area contributed by atoms with Crippen LogP contribution in [0.25, 0.3) is 11.1 Å². The molecule has 1 heterocycles. The molecule has 0 spiro atoms. The number of para-hydroxylation sites is 1. The Balaban J connectivity index is 2.70. The zero-order chi connectivity index (χ0) is 11.0. The maximum absolute atomic E-state index is 10.8. The average molecular weight is 207 g/mol. The van der Waals surface area contributed by atoms with Crippen LogP contribution >= 0.6 is 0 Å². The van der Waals surface area contributed by atoms with Crippen LogP contribution in [-0.2, 0) is 0 Å². The number of fused-ring (bicyclic) bond motifs is 1. The van der Waals surface area contributed by atoms with E-state index in [2.05, 4.69) is 4.98 Å². The van der Waals surface area contributed by atoms with Crippen LogP contribution in [0.2, 0.25) is 0 Å². The Bertz CT molecular complexity index is 515. The third kappa shape index (κ3) is 1.57. The maximum atomic E-state index is 10.8. The Hall–Kier alpha value is -1.88. The summed E-state index contributed by atoms with van der Waals surface area (Å²) in [4.78, 5) is 14.8. The first-order chi connectivity index (χ1) is 7.09. The van der Waals surface area contributed by atoms with Gasteiger partial charge in [0.2, 0.25) is 5.89 Å². The number of benzene rings is 1. The lowest BCUT2D eigenvalue weighted by atomic mass is 10.2. The summed E-state index contributed by atoms with van der Waals surface area (Å²) >= 11 is 0. The second-order valence-corrected chi connectivity index (χ2v) is 3.19. The van der Waals surface area contributed by atoms with Gasteiger partial charge in [-0.1, -0.05) is 6.07 Å². The van der Waals surface area contributed by atoms with Crippen LogP contribution in [0, 0.1) is 0 Å². The monoisotopic (exact) mass is 207 g/mol. The van der Waals surface area contributed by atoms with Gasteiger partial charge in [0, 0.05) is 0 Å². The van der Waals surface area contributed by atoms with Crippen molar-refractivity contribution in [2.75, 3.05) is 0 Å². The third-order valence-corrected chi connectivity index (χ3v) is 2.02. The van der Waals surface area contributed by atoms with Crippen LogP contribution < -0.4 is 0 Å². The minimum atomic E-state index is -1.06. The van der Waals surface area contributed by atoms with Gasteiger partial charge in [0.05, 0.1) is 5.56 Å². The maximum Gasteiger partial charge on any atom is 0.338 e. The van der Waals surface area contributed by atoms with Gasteiger partial charge in [-0.25, -0.2) is 9.78 Å². The minimum absolute atomic E-state index is 0.0724. The number of carbonyl (C=O) groups is 1. The molecule has 15 heavy (non-hydrogen) atoms. The van der Waals surface area contributed by atoms with Crippen molar-refractivity contribution in [2.45, 2.75) is 13.0 Å². The van der Waals surface area contributed by atoms with Crippen molar-refractivity contribution in [3.63, 3.8) is 0 Å². The van der Waals surface area contributed by atoms with E-state index in [-0.39, 0.29) is 17.0 Å². The number of hydrogen-bond donors (Lipinski definition) is 2. The lowest BCUT2D eigenvalue weighted by Gasteiger charge is -1.93. The summed E-state index contributed by atoms with van der Waals surface area (Å²) in [7, 11) is 0. The molecule has 2 aromatic rings. The van der Waals surface area contributed by atoms with Crippen LogP contribution in [-0.4, -0.2) is 21.2 Å². The van der Waals surface area contributed by atoms with Crippen LogP contribution in [0.4, 0.5) is 0 Å². The van der Waals surface area contributed by atoms with E-state index in [0.29, 0.717) is 5.58 Å². The van der Waals surface area contributed by atoms with Crippen LogP contribution in [0.3, 0.4) is 0 Å². The minimum Gasteiger partial charge on any atom is -0.478 e.